The SMILES string of the molecule is C=C(NCc1ccc2c(c1)OCO2)c1ccc(C)c(/C(C)=C(/C)CCc2ccc(-c3ccccc3C(=O)O)cc2)c1. The van der Waals surface area contributed by atoms with Gasteiger partial charge in [0, 0.05) is 12.2 Å². The predicted molar refractivity (Wildman–Crippen MR) is 165 cm³/mol. The van der Waals surface area contributed by atoms with Gasteiger partial charge in [0.15, 0.2) is 11.5 Å². The molecule has 0 amide bonds. The van der Waals surface area contributed by atoms with Crippen LogP contribution in [0.3, 0.4) is 0 Å². The minimum absolute atomic E-state index is 0.271. The van der Waals surface area contributed by atoms with Gasteiger partial charge in [0.1, 0.15) is 0 Å². The standard InChI is InChI=1S/C36H35NO4/c1-23(9-11-27-12-16-29(17-13-27)31-7-5-6-8-32(31)36(38)39)25(3)33-20-30(15-10-24(33)2)26(4)37-21-28-14-18-34-35(19-28)41-22-40-34/h5-8,10,12-20,37H,4,9,11,21-22H2,1-3H3,(H,38,39)/b25-23-. The fourth-order valence-corrected chi connectivity index (χ4v) is 5.10. The quantitative estimate of drug-likeness (QED) is 0.210. The van der Waals surface area contributed by atoms with E-state index in [0.29, 0.717) is 12.1 Å². The molecule has 2 N–H and O–H groups in total. The Kier molecular flexibility index (Phi) is 8.25. The Balaban J connectivity index is 1.24. The zero-order valence-electron chi connectivity index (χ0n) is 23.8. The first-order chi connectivity index (χ1) is 19.8. The number of benzene rings is 4. The van der Waals surface area contributed by atoms with E-state index >= 15 is 0 Å². The summed E-state index contributed by atoms with van der Waals surface area (Å²) in [6.45, 7) is 11.7. The molecule has 1 aliphatic heterocycles. The lowest BCUT2D eigenvalue weighted by molar-refractivity contribution is 0.0697. The molecule has 0 spiro atoms. The highest BCUT2D eigenvalue weighted by Crippen LogP contribution is 2.33. The minimum Gasteiger partial charge on any atom is -0.478 e. The van der Waals surface area contributed by atoms with Crippen LogP contribution >= 0.6 is 0 Å². The summed E-state index contributed by atoms with van der Waals surface area (Å²) in [5.74, 6) is 0.652. The number of hydrogen-bond donors (Lipinski definition) is 2. The molecule has 5 rings (SSSR count). The summed E-state index contributed by atoms with van der Waals surface area (Å²) in [6.07, 6.45) is 1.84. The van der Waals surface area contributed by atoms with Gasteiger partial charge in [-0.05, 0) is 102 Å². The van der Waals surface area contributed by atoms with Crippen molar-refractivity contribution in [3.8, 4) is 22.6 Å². The van der Waals surface area contributed by atoms with Crippen LogP contribution in [0.4, 0.5) is 0 Å². The highest BCUT2D eigenvalue weighted by atomic mass is 16.7. The van der Waals surface area contributed by atoms with E-state index < -0.39 is 5.97 Å². The molecule has 5 nitrogen and oxygen atoms in total. The molecular weight excluding hydrogens is 510 g/mol. The lowest BCUT2D eigenvalue weighted by Gasteiger charge is -2.16. The number of allylic oxidation sites excluding steroid dienone is 2. The lowest BCUT2D eigenvalue weighted by atomic mass is 9.92. The monoisotopic (exact) mass is 545 g/mol. The van der Waals surface area contributed by atoms with Crippen LogP contribution < -0.4 is 14.8 Å². The van der Waals surface area contributed by atoms with Gasteiger partial charge in [0.2, 0.25) is 6.79 Å². The topological polar surface area (TPSA) is 67.8 Å². The maximum atomic E-state index is 11.6. The van der Waals surface area contributed by atoms with Crippen LogP contribution in [0, 0.1) is 6.92 Å². The molecule has 208 valence electrons. The molecule has 41 heavy (non-hydrogen) atoms. The first-order valence-electron chi connectivity index (χ1n) is 13.8. The van der Waals surface area contributed by atoms with Gasteiger partial charge in [-0.15, -0.1) is 0 Å². The predicted octanol–water partition coefficient (Wildman–Crippen LogP) is 8.28. The van der Waals surface area contributed by atoms with E-state index in [1.54, 1.807) is 12.1 Å². The number of carbonyl (C=O) groups is 1. The third-order valence-corrected chi connectivity index (χ3v) is 7.78. The molecular formula is C36H35NO4. The van der Waals surface area contributed by atoms with Gasteiger partial charge < -0.3 is 19.9 Å². The number of rotatable bonds is 10. The van der Waals surface area contributed by atoms with Crippen molar-refractivity contribution in [1.29, 1.82) is 0 Å². The molecule has 0 atom stereocenters. The number of ether oxygens (including phenoxy) is 2. The summed E-state index contributed by atoms with van der Waals surface area (Å²) in [7, 11) is 0. The number of nitrogens with one attached hydrogen (secondary N) is 1. The van der Waals surface area contributed by atoms with Crippen molar-refractivity contribution in [3.05, 3.63) is 130 Å². The number of carboxylic acid groups (broad SMARTS) is 1. The van der Waals surface area contributed by atoms with Crippen molar-refractivity contribution in [1.82, 2.24) is 5.32 Å². The average Bonchev–Trinajstić information content (AvgIpc) is 3.47. The minimum atomic E-state index is -0.913. The van der Waals surface area contributed by atoms with Crippen molar-refractivity contribution in [2.45, 2.75) is 40.2 Å². The van der Waals surface area contributed by atoms with Crippen molar-refractivity contribution in [2.24, 2.45) is 0 Å². The first kappa shape index (κ1) is 27.8. The van der Waals surface area contributed by atoms with E-state index in [9.17, 15) is 9.90 Å². The number of hydrogen-bond acceptors (Lipinski definition) is 4. The van der Waals surface area contributed by atoms with Gasteiger partial charge >= 0.3 is 5.97 Å². The summed E-state index contributed by atoms with van der Waals surface area (Å²) < 4.78 is 10.9. The van der Waals surface area contributed by atoms with Gasteiger partial charge in [-0.1, -0.05) is 72.8 Å². The second kappa shape index (κ2) is 12.2. The fourth-order valence-electron chi connectivity index (χ4n) is 5.10. The van der Waals surface area contributed by atoms with Crippen molar-refractivity contribution in [3.63, 3.8) is 0 Å². The molecule has 1 heterocycles. The summed E-state index contributed by atoms with van der Waals surface area (Å²) in [5, 5.41) is 13.0. The molecule has 5 heteroatoms. The van der Waals surface area contributed by atoms with Crippen LogP contribution in [0.15, 0.2) is 97.1 Å². The molecule has 0 saturated carbocycles. The molecule has 0 saturated heterocycles. The maximum absolute atomic E-state index is 11.6. The third-order valence-electron chi connectivity index (χ3n) is 7.78. The highest BCUT2D eigenvalue weighted by Gasteiger charge is 2.14. The smallest absolute Gasteiger partial charge is 0.336 e. The highest BCUT2D eigenvalue weighted by molar-refractivity contribution is 5.96. The molecule has 4 aromatic rings. The molecule has 1 aliphatic rings. The Bertz CT molecular complexity index is 1630. The Morgan fingerprint density at radius 2 is 1.61 bits per heavy atom. The number of aryl methyl sites for hydroxylation is 2. The molecule has 0 aromatic heterocycles. The van der Waals surface area contributed by atoms with Crippen LogP contribution in [-0.4, -0.2) is 17.9 Å². The summed E-state index contributed by atoms with van der Waals surface area (Å²) in [5.41, 5.74) is 11.3. The van der Waals surface area contributed by atoms with Crippen LogP contribution in [0.2, 0.25) is 0 Å². The number of aromatic carboxylic acids is 1. The van der Waals surface area contributed by atoms with Crippen LogP contribution in [-0.2, 0) is 13.0 Å². The first-order valence-corrected chi connectivity index (χ1v) is 13.8. The van der Waals surface area contributed by atoms with E-state index in [1.165, 1.54) is 27.8 Å². The van der Waals surface area contributed by atoms with Gasteiger partial charge in [0.05, 0.1) is 5.56 Å². The van der Waals surface area contributed by atoms with Crippen LogP contribution in [0.1, 0.15) is 58.4 Å². The molecule has 0 fully saturated rings. The lowest BCUT2D eigenvalue weighted by Crippen LogP contribution is -2.11. The molecule has 0 radical (unpaired) electrons. The van der Waals surface area contributed by atoms with Gasteiger partial charge in [-0.2, -0.15) is 0 Å². The fraction of sp³-hybridized carbons (Fsp3) is 0.194. The summed E-state index contributed by atoms with van der Waals surface area (Å²) >= 11 is 0. The van der Waals surface area contributed by atoms with E-state index in [1.807, 2.05) is 42.5 Å². The van der Waals surface area contributed by atoms with E-state index in [2.05, 4.69) is 63.0 Å². The van der Waals surface area contributed by atoms with Crippen LogP contribution in [0.5, 0.6) is 11.5 Å². The Labute approximate surface area is 241 Å². The summed E-state index contributed by atoms with van der Waals surface area (Å²) in [4.78, 5) is 11.6. The van der Waals surface area contributed by atoms with Crippen molar-refractivity contribution >= 4 is 17.2 Å². The molecule has 0 bridgehead atoms. The van der Waals surface area contributed by atoms with Gasteiger partial charge in [-0.3, -0.25) is 0 Å². The Morgan fingerprint density at radius 1 is 0.878 bits per heavy atom. The largest absolute Gasteiger partial charge is 0.478 e. The number of carboxylic acids is 1. The van der Waals surface area contributed by atoms with E-state index in [0.717, 1.165) is 52.3 Å². The molecule has 0 unspecified atom stereocenters. The third kappa shape index (κ3) is 6.36. The Hall–Kier alpha value is -4.77. The molecule has 0 aliphatic carbocycles. The van der Waals surface area contributed by atoms with Gasteiger partial charge in [0.25, 0.3) is 0 Å². The number of fused-ring (bicyclic) bond motifs is 1. The van der Waals surface area contributed by atoms with E-state index in [4.69, 9.17) is 9.47 Å². The second-order valence-electron chi connectivity index (χ2n) is 10.5. The normalized spacial score (nSPS) is 12.6. The van der Waals surface area contributed by atoms with Gasteiger partial charge in [-0.25, -0.2) is 4.79 Å². The van der Waals surface area contributed by atoms with Crippen molar-refractivity contribution in [2.75, 3.05) is 6.79 Å². The Morgan fingerprint density at radius 3 is 2.39 bits per heavy atom. The van der Waals surface area contributed by atoms with Crippen LogP contribution in [0.25, 0.3) is 22.4 Å². The van der Waals surface area contributed by atoms with E-state index in [-0.39, 0.29) is 6.79 Å². The maximum Gasteiger partial charge on any atom is 0.336 e. The zero-order chi connectivity index (χ0) is 28.9. The molecule has 4 aromatic carbocycles. The summed E-state index contributed by atoms with van der Waals surface area (Å²) in [6, 6.07) is 27.8. The average molecular weight is 546 g/mol. The van der Waals surface area contributed by atoms with Crippen molar-refractivity contribution < 1.29 is 19.4 Å². The zero-order valence-corrected chi connectivity index (χ0v) is 23.8. The second-order valence-corrected chi connectivity index (χ2v) is 10.5.